The predicted molar refractivity (Wildman–Crippen MR) is 64.7 cm³/mol. The molecule has 0 saturated heterocycles. The molecule has 0 radical (unpaired) electrons. The average Bonchev–Trinajstić information content (AvgIpc) is 2.28. The first kappa shape index (κ1) is 10.9. The third-order valence-corrected chi connectivity index (χ3v) is 2.49. The molecule has 0 saturated carbocycles. The molecule has 0 bridgehead atoms. The summed E-state index contributed by atoms with van der Waals surface area (Å²) in [5.41, 5.74) is 1.46. The molecule has 0 aliphatic heterocycles. The van der Waals surface area contributed by atoms with E-state index in [4.69, 9.17) is 11.6 Å². The number of aromatic amines is 1. The van der Waals surface area contributed by atoms with Crippen molar-refractivity contribution in [3.8, 4) is 11.4 Å². The van der Waals surface area contributed by atoms with Gasteiger partial charge in [0.25, 0.3) is 5.56 Å². The lowest BCUT2D eigenvalue weighted by atomic mass is 10.2. The van der Waals surface area contributed by atoms with Crippen molar-refractivity contribution < 1.29 is 0 Å². The van der Waals surface area contributed by atoms with E-state index < -0.39 is 0 Å². The molecule has 0 fully saturated rings. The van der Waals surface area contributed by atoms with Gasteiger partial charge in [0.1, 0.15) is 5.82 Å². The zero-order valence-corrected chi connectivity index (χ0v) is 9.58. The number of aromatic nitrogens is 2. The SMILES string of the molecule is CCc1cc(=O)[nH]c(-c2cccc(Cl)c2)n1. The van der Waals surface area contributed by atoms with Crippen molar-refractivity contribution in [3.05, 3.63) is 51.4 Å². The Morgan fingerprint density at radius 1 is 1.38 bits per heavy atom. The number of halogens is 1. The van der Waals surface area contributed by atoms with Crippen LogP contribution in [0.3, 0.4) is 0 Å². The molecule has 1 aromatic carbocycles. The minimum absolute atomic E-state index is 0.137. The zero-order valence-electron chi connectivity index (χ0n) is 8.83. The maximum atomic E-state index is 11.4. The van der Waals surface area contributed by atoms with Gasteiger partial charge in [-0.2, -0.15) is 0 Å². The summed E-state index contributed by atoms with van der Waals surface area (Å²) in [6.07, 6.45) is 0.734. The number of hydrogen-bond acceptors (Lipinski definition) is 2. The fourth-order valence-corrected chi connectivity index (χ4v) is 1.65. The Labute approximate surface area is 98.1 Å². The highest BCUT2D eigenvalue weighted by molar-refractivity contribution is 6.30. The van der Waals surface area contributed by atoms with E-state index in [1.165, 1.54) is 6.07 Å². The maximum absolute atomic E-state index is 11.4. The smallest absolute Gasteiger partial charge is 0.251 e. The van der Waals surface area contributed by atoms with Gasteiger partial charge in [-0.1, -0.05) is 30.7 Å². The van der Waals surface area contributed by atoms with Gasteiger partial charge in [0.15, 0.2) is 0 Å². The Morgan fingerprint density at radius 2 is 2.19 bits per heavy atom. The number of hydrogen-bond donors (Lipinski definition) is 1. The maximum Gasteiger partial charge on any atom is 0.251 e. The van der Waals surface area contributed by atoms with Gasteiger partial charge in [-0.15, -0.1) is 0 Å². The second kappa shape index (κ2) is 4.49. The van der Waals surface area contributed by atoms with Crippen LogP contribution in [-0.2, 0) is 6.42 Å². The number of nitrogens with zero attached hydrogens (tertiary/aromatic N) is 1. The Kier molecular flexibility index (Phi) is 3.06. The van der Waals surface area contributed by atoms with Gasteiger partial charge in [0.2, 0.25) is 0 Å². The van der Waals surface area contributed by atoms with Crippen molar-refractivity contribution >= 4 is 11.6 Å². The number of benzene rings is 1. The van der Waals surface area contributed by atoms with Crippen LogP contribution in [0.5, 0.6) is 0 Å². The first-order valence-electron chi connectivity index (χ1n) is 5.05. The molecule has 1 N–H and O–H groups in total. The summed E-state index contributed by atoms with van der Waals surface area (Å²) in [7, 11) is 0. The van der Waals surface area contributed by atoms with Crippen LogP contribution >= 0.6 is 11.6 Å². The van der Waals surface area contributed by atoms with E-state index in [2.05, 4.69) is 9.97 Å². The molecule has 0 aliphatic carbocycles. The molecule has 2 rings (SSSR count). The summed E-state index contributed by atoms with van der Waals surface area (Å²) in [6, 6.07) is 8.76. The molecule has 3 nitrogen and oxygen atoms in total. The van der Waals surface area contributed by atoms with Crippen molar-refractivity contribution in [2.45, 2.75) is 13.3 Å². The molecule has 82 valence electrons. The molecule has 0 amide bonds. The van der Waals surface area contributed by atoms with E-state index in [0.29, 0.717) is 10.8 Å². The second-order valence-electron chi connectivity index (χ2n) is 3.45. The lowest BCUT2D eigenvalue weighted by molar-refractivity contribution is 0.987. The summed E-state index contributed by atoms with van der Waals surface area (Å²) in [4.78, 5) is 18.4. The van der Waals surface area contributed by atoms with Crippen molar-refractivity contribution in [2.24, 2.45) is 0 Å². The molecule has 4 heteroatoms. The Morgan fingerprint density at radius 3 is 2.88 bits per heavy atom. The van der Waals surface area contributed by atoms with Crippen LogP contribution in [0.1, 0.15) is 12.6 Å². The molecule has 1 heterocycles. The summed E-state index contributed by atoms with van der Waals surface area (Å²) in [5, 5.41) is 0.627. The van der Waals surface area contributed by atoms with Crippen LogP contribution in [-0.4, -0.2) is 9.97 Å². The van der Waals surface area contributed by atoms with Gasteiger partial charge >= 0.3 is 0 Å². The monoisotopic (exact) mass is 234 g/mol. The van der Waals surface area contributed by atoms with Gasteiger partial charge in [0, 0.05) is 22.3 Å². The number of nitrogens with one attached hydrogen (secondary N) is 1. The second-order valence-corrected chi connectivity index (χ2v) is 3.89. The van der Waals surface area contributed by atoms with Crippen LogP contribution in [0.25, 0.3) is 11.4 Å². The topological polar surface area (TPSA) is 45.8 Å². The molecular formula is C12H11ClN2O. The van der Waals surface area contributed by atoms with Crippen LogP contribution < -0.4 is 5.56 Å². The number of aryl methyl sites for hydroxylation is 1. The fraction of sp³-hybridized carbons (Fsp3) is 0.167. The molecule has 0 spiro atoms. The van der Waals surface area contributed by atoms with E-state index in [-0.39, 0.29) is 5.56 Å². The van der Waals surface area contributed by atoms with Crippen LogP contribution in [0.4, 0.5) is 0 Å². The predicted octanol–water partition coefficient (Wildman–Crippen LogP) is 2.65. The van der Waals surface area contributed by atoms with Gasteiger partial charge in [-0.05, 0) is 18.6 Å². The van der Waals surface area contributed by atoms with E-state index in [1.807, 2.05) is 19.1 Å². The van der Waals surface area contributed by atoms with Gasteiger partial charge in [0.05, 0.1) is 0 Å². The molecule has 0 aliphatic rings. The van der Waals surface area contributed by atoms with Gasteiger partial charge < -0.3 is 4.98 Å². The highest BCUT2D eigenvalue weighted by Crippen LogP contribution is 2.18. The van der Waals surface area contributed by atoms with Crippen LogP contribution in [0.15, 0.2) is 35.1 Å². The minimum atomic E-state index is -0.137. The highest BCUT2D eigenvalue weighted by atomic mass is 35.5. The van der Waals surface area contributed by atoms with E-state index in [1.54, 1.807) is 12.1 Å². The minimum Gasteiger partial charge on any atom is -0.307 e. The van der Waals surface area contributed by atoms with Crippen molar-refractivity contribution in [1.29, 1.82) is 0 Å². The summed E-state index contributed by atoms with van der Waals surface area (Å²) < 4.78 is 0. The fourth-order valence-electron chi connectivity index (χ4n) is 1.46. The van der Waals surface area contributed by atoms with Crippen molar-refractivity contribution in [2.75, 3.05) is 0 Å². The third-order valence-electron chi connectivity index (χ3n) is 2.26. The molecule has 1 aromatic heterocycles. The first-order chi connectivity index (χ1) is 7.69. The summed E-state index contributed by atoms with van der Waals surface area (Å²) in [6.45, 7) is 1.96. The summed E-state index contributed by atoms with van der Waals surface area (Å²) in [5.74, 6) is 0.562. The van der Waals surface area contributed by atoms with E-state index in [9.17, 15) is 4.79 Å². The normalized spacial score (nSPS) is 10.4. The molecule has 16 heavy (non-hydrogen) atoms. The lowest BCUT2D eigenvalue weighted by Gasteiger charge is -2.03. The van der Waals surface area contributed by atoms with Gasteiger partial charge in [-0.25, -0.2) is 4.98 Å². The Hall–Kier alpha value is -1.61. The first-order valence-corrected chi connectivity index (χ1v) is 5.43. The lowest BCUT2D eigenvalue weighted by Crippen LogP contribution is -2.09. The summed E-state index contributed by atoms with van der Waals surface area (Å²) >= 11 is 5.89. The quantitative estimate of drug-likeness (QED) is 0.868. The van der Waals surface area contributed by atoms with Crippen molar-refractivity contribution in [3.63, 3.8) is 0 Å². The van der Waals surface area contributed by atoms with Crippen LogP contribution in [0, 0.1) is 0 Å². The number of H-pyrrole nitrogens is 1. The van der Waals surface area contributed by atoms with E-state index >= 15 is 0 Å². The third kappa shape index (κ3) is 2.31. The number of rotatable bonds is 2. The molecule has 0 atom stereocenters. The zero-order chi connectivity index (χ0) is 11.5. The van der Waals surface area contributed by atoms with Crippen LogP contribution in [0.2, 0.25) is 5.02 Å². The van der Waals surface area contributed by atoms with Crippen molar-refractivity contribution in [1.82, 2.24) is 9.97 Å². The largest absolute Gasteiger partial charge is 0.307 e. The molecular weight excluding hydrogens is 224 g/mol. The Balaban J connectivity index is 2.55. The molecule has 0 unspecified atom stereocenters. The molecule has 2 aromatic rings. The Bertz CT molecular complexity index is 563. The average molecular weight is 235 g/mol. The van der Waals surface area contributed by atoms with Gasteiger partial charge in [-0.3, -0.25) is 4.79 Å². The highest BCUT2D eigenvalue weighted by Gasteiger charge is 2.03. The van der Waals surface area contributed by atoms with E-state index in [0.717, 1.165) is 17.7 Å². The standard InChI is InChI=1S/C12H11ClN2O/c1-2-10-7-11(16)15-12(14-10)8-4-3-5-9(13)6-8/h3-7H,2H2,1H3,(H,14,15,16).